The lowest BCUT2D eigenvalue weighted by molar-refractivity contribution is -0.142. The van der Waals surface area contributed by atoms with E-state index >= 15 is 0 Å². The molecule has 1 N–H and O–H groups in total. The molecule has 28 heavy (non-hydrogen) atoms. The fourth-order valence-corrected chi connectivity index (χ4v) is 4.70. The maximum absolute atomic E-state index is 11.6. The summed E-state index contributed by atoms with van der Waals surface area (Å²) >= 11 is 7.74. The predicted molar refractivity (Wildman–Crippen MR) is 117 cm³/mol. The summed E-state index contributed by atoms with van der Waals surface area (Å²) in [6, 6.07) is 16.5. The van der Waals surface area contributed by atoms with Crippen molar-refractivity contribution in [1.29, 1.82) is 0 Å². The molecule has 0 bridgehead atoms. The molecular weight excluding hydrogens is 390 g/mol. The second-order valence-electron chi connectivity index (χ2n) is 6.92. The van der Waals surface area contributed by atoms with Crippen molar-refractivity contribution < 1.29 is 9.53 Å². The number of carbonyl (C=O) groups is 1. The highest BCUT2D eigenvalue weighted by Crippen LogP contribution is 2.38. The molecule has 0 spiro atoms. The van der Waals surface area contributed by atoms with Gasteiger partial charge in [0.25, 0.3) is 0 Å². The van der Waals surface area contributed by atoms with Crippen molar-refractivity contribution in [2.24, 2.45) is 0 Å². The molecule has 144 valence electrons. The first-order valence-electron chi connectivity index (χ1n) is 9.55. The summed E-state index contributed by atoms with van der Waals surface area (Å²) in [4.78, 5) is 12.8. The van der Waals surface area contributed by atoms with Gasteiger partial charge in [-0.05, 0) is 84.8 Å². The van der Waals surface area contributed by atoms with Crippen LogP contribution in [0.4, 0.5) is 11.4 Å². The number of rotatable bonds is 6. The number of ether oxygens (including phenoxy) is 1. The molecule has 2 aromatic carbocycles. The van der Waals surface area contributed by atoms with Crippen LogP contribution in [0.3, 0.4) is 0 Å². The van der Waals surface area contributed by atoms with Gasteiger partial charge in [-0.25, -0.2) is 0 Å². The standard InChI is InChI=1S/C23H22ClNO2S/c1-2-27-23(26)12-15-6-8-18(9-7-15)25-20-14-17(21-10-11-22(24)28-21)13-16-4-3-5-19(16)20/h6-11,13-14,25H,2-5,12H2,1H3. The number of aryl methyl sites for hydroxylation is 1. The Balaban J connectivity index is 1.57. The van der Waals surface area contributed by atoms with Gasteiger partial charge >= 0.3 is 5.97 Å². The third-order valence-corrected chi connectivity index (χ3v) is 6.24. The van der Waals surface area contributed by atoms with E-state index in [0.717, 1.165) is 34.1 Å². The Labute approximate surface area is 174 Å². The van der Waals surface area contributed by atoms with Crippen LogP contribution in [0.15, 0.2) is 48.5 Å². The van der Waals surface area contributed by atoms with E-state index < -0.39 is 0 Å². The summed E-state index contributed by atoms with van der Waals surface area (Å²) in [5, 5.41) is 3.58. The Hall–Kier alpha value is -2.30. The molecule has 3 aromatic rings. The zero-order valence-corrected chi connectivity index (χ0v) is 17.3. The molecule has 4 rings (SSSR count). The molecule has 3 nitrogen and oxygen atoms in total. The largest absolute Gasteiger partial charge is 0.466 e. The maximum Gasteiger partial charge on any atom is 0.310 e. The Bertz CT molecular complexity index is 994. The van der Waals surface area contributed by atoms with Gasteiger partial charge in [0.1, 0.15) is 0 Å². The van der Waals surface area contributed by atoms with Crippen molar-refractivity contribution in [3.05, 3.63) is 69.6 Å². The lowest BCUT2D eigenvalue weighted by Crippen LogP contribution is -2.07. The summed E-state index contributed by atoms with van der Waals surface area (Å²) < 4.78 is 5.82. The number of esters is 1. The van der Waals surface area contributed by atoms with Gasteiger partial charge in [-0.2, -0.15) is 0 Å². The zero-order chi connectivity index (χ0) is 19.5. The van der Waals surface area contributed by atoms with Gasteiger partial charge in [0.05, 0.1) is 17.4 Å². The van der Waals surface area contributed by atoms with Crippen LogP contribution in [-0.2, 0) is 28.8 Å². The summed E-state index contributed by atoms with van der Waals surface area (Å²) in [6.07, 6.45) is 3.72. The van der Waals surface area contributed by atoms with Gasteiger partial charge in [-0.3, -0.25) is 4.79 Å². The highest BCUT2D eigenvalue weighted by molar-refractivity contribution is 7.19. The second-order valence-corrected chi connectivity index (χ2v) is 8.64. The molecule has 1 aromatic heterocycles. The predicted octanol–water partition coefficient (Wildman–Crippen LogP) is 6.41. The van der Waals surface area contributed by atoms with E-state index in [1.807, 2.05) is 37.3 Å². The molecular formula is C23H22ClNO2S. The van der Waals surface area contributed by atoms with Gasteiger partial charge in [0.15, 0.2) is 0 Å². The Morgan fingerprint density at radius 3 is 2.68 bits per heavy atom. The van der Waals surface area contributed by atoms with E-state index in [1.165, 1.54) is 28.0 Å². The zero-order valence-electron chi connectivity index (χ0n) is 15.8. The molecule has 0 amide bonds. The van der Waals surface area contributed by atoms with E-state index in [1.54, 1.807) is 11.3 Å². The van der Waals surface area contributed by atoms with E-state index in [-0.39, 0.29) is 5.97 Å². The molecule has 0 unspecified atom stereocenters. The second kappa shape index (κ2) is 8.38. The highest BCUT2D eigenvalue weighted by Gasteiger charge is 2.18. The van der Waals surface area contributed by atoms with Gasteiger partial charge in [-0.15, -0.1) is 11.3 Å². The average molecular weight is 412 g/mol. The molecule has 1 aliphatic rings. The summed E-state index contributed by atoms with van der Waals surface area (Å²) in [6.45, 7) is 2.23. The van der Waals surface area contributed by atoms with Gasteiger partial charge in [0, 0.05) is 16.3 Å². The van der Waals surface area contributed by atoms with Crippen molar-refractivity contribution in [2.75, 3.05) is 11.9 Å². The Kier molecular flexibility index (Phi) is 5.69. The number of hydrogen-bond acceptors (Lipinski definition) is 4. The SMILES string of the molecule is CCOC(=O)Cc1ccc(Nc2cc(-c3ccc(Cl)s3)cc3c2CCC3)cc1. The molecule has 0 aliphatic heterocycles. The van der Waals surface area contributed by atoms with Crippen LogP contribution in [0.5, 0.6) is 0 Å². The van der Waals surface area contributed by atoms with Crippen molar-refractivity contribution in [2.45, 2.75) is 32.6 Å². The van der Waals surface area contributed by atoms with Crippen LogP contribution < -0.4 is 5.32 Å². The van der Waals surface area contributed by atoms with Crippen LogP contribution >= 0.6 is 22.9 Å². The number of nitrogens with one attached hydrogen (secondary N) is 1. The third-order valence-electron chi connectivity index (χ3n) is 4.96. The smallest absolute Gasteiger partial charge is 0.310 e. The van der Waals surface area contributed by atoms with Gasteiger partial charge in [0.2, 0.25) is 0 Å². The first kappa shape index (κ1) is 19.0. The van der Waals surface area contributed by atoms with Crippen molar-refractivity contribution in [3.8, 4) is 10.4 Å². The highest BCUT2D eigenvalue weighted by atomic mass is 35.5. The fourth-order valence-electron chi connectivity index (χ4n) is 3.67. The quantitative estimate of drug-likeness (QED) is 0.476. The monoisotopic (exact) mass is 411 g/mol. The number of fused-ring (bicyclic) bond motifs is 1. The Morgan fingerprint density at radius 1 is 1.14 bits per heavy atom. The van der Waals surface area contributed by atoms with Crippen LogP contribution in [0.25, 0.3) is 10.4 Å². The summed E-state index contributed by atoms with van der Waals surface area (Å²) in [5.41, 5.74) is 7.16. The van der Waals surface area contributed by atoms with E-state index in [0.29, 0.717) is 13.0 Å². The number of benzene rings is 2. The lowest BCUT2D eigenvalue weighted by Gasteiger charge is -2.14. The first-order valence-corrected chi connectivity index (χ1v) is 10.7. The summed E-state index contributed by atoms with van der Waals surface area (Å²) in [7, 11) is 0. The van der Waals surface area contributed by atoms with Crippen molar-refractivity contribution in [1.82, 2.24) is 0 Å². The molecule has 0 saturated heterocycles. The third kappa shape index (κ3) is 4.23. The molecule has 0 atom stereocenters. The summed E-state index contributed by atoms with van der Waals surface area (Å²) in [5.74, 6) is -0.191. The van der Waals surface area contributed by atoms with Crippen molar-refractivity contribution >= 4 is 40.3 Å². The number of carbonyl (C=O) groups excluding carboxylic acids is 1. The van der Waals surface area contributed by atoms with Crippen LogP contribution in [0, 0.1) is 0 Å². The topological polar surface area (TPSA) is 38.3 Å². The van der Waals surface area contributed by atoms with Crippen LogP contribution in [0.1, 0.15) is 30.0 Å². The lowest BCUT2D eigenvalue weighted by atomic mass is 10.0. The van der Waals surface area contributed by atoms with Crippen molar-refractivity contribution in [3.63, 3.8) is 0 Å². The number of halogens is 1. The maximum atomic E-state index is 11.6. The molecule has 0 radical (unpaired) electrons. The minimum atomic E-state index is -0.191. The Morgan fingerprint density at radius 2 is 1.96 bits per heavy atom. The minimum Gasteiger partial charge on any atom is -0.466 e. The molecule has 0 fully saturated rings. The molecule has 0 saturated carbocycles. The van der Waals surface area contributed by atoms with E-state index in [2.05, 4.69) is 23.5 Å². The van der Waals surface area contributed by atoms with Crippen LogP contribution in [0.2, 0.25) is 4.34 Å². The first-order chi connectivity index (χ1) is 13.6. The number of thiophene rings is 1. The average Bonchev–Trinajstić information content (AvgIpc) is 3.32. The minimum absolute atomic E-state index is 0.191. The molecule has 1 heterocycles. The van der Waals surface area contributed by atoms with E-state index in [9.17, 15) is 4.79 Å². The number of hydrogen-bond donors (Lipinski definition) is 1. The molecule has 1 aliphatic carbocycles. The fraction of sp³-hybridized carbons (Fsp3) is 0.261. The number of anilines is 2. The normalized spacial score (nSPS) is 12.6. The van der Waals surface area contributed by atoms with Gasteiger partial charge < -0.3 is 10.1 Å². The molecule has 5 heteroatoms. The van der Waals surface area contributed by atoms with Crippen LogP contribution in [-0.4, -0.2) is 12.6 Å². The van der Waals surface area contributed by atoms with Gasteiger partial charge in [-0.1, -0.05) is 23.7 Å². The van der Waals surface area contributed by atoms with E-state index in [4.69, 9.17) is 16.3 Å².